The van der Waals surface area contributed by atoms with E-state index in [1.165, 1.54) is 13.4 Å². The lowest BCUT2D eigenvalue weighted by Crippen LogP contribution is -2.30. The van der Waals surface area contributed by atoms with Crippen molar-refractivity contribution < 1.29 is 13.9 Å². The molecule has 0 atom stereocenters. The highest BCUT2D eigenvalue weighted by atomic mass is 16.5. The first-order chi connectivity index (χ1) is 11.8. The first-order valence-corrected chi connectivity index (χ1v) is 7.46. The predicted molar refractivity (Wildman–Crippen MR) is 86.2 cm³/mol. The quantitative estimate of drug-likeness (QED) is 0.629. The number of nitrogens with zero attached hydrogens (tertiary/aromatic N) is 4. The number of hydrogen-bond donors (Lipinski definition) is 2. The number of hydrogen-bond acceptors (Lipinski definition) is 7. The second-order valence-electron chi connectivity index (χ2n) is 5.04. The molecule has 0 aliphatic carbocycles. The first kappa shape index (κ1) is 15.9. The number of carbonyl (C=O) groups excluding carboxylic acids is 1. The zero-order valence-electron chi connectivity index (χ0n) is 13.2. The molecule has 0 radical (unpaired) electrons. The Morgan fingerprint density at radius 2 is 2.33 bits per heavy atom. The molecule has 0 aliphatic heterocycles. The number of fused-ring (bicyclic) bond motifs is 1. The molecule has 9 heteroatoms. The lowest BCUT2D eigenvalue weighted by Gasteiger charge is -2.07. The number of furan rings is 1. The summed E-state index contributed by atoms with van der Waals surface area (Å²) in [6, 6.07) is 3.72. The number of aromatic nitrogens is 4. The summed E-state index contributed by atoms with van der Waals surface area (Å²) < 4.78 is 11.8. The van der Waals surface area contributed by atoms with Crippen molar-refractivity contribution in [2.24, 2.45) is 0 Å². The van der Waals surface area contributed by atoms with Crippen molar-refractivity contribution in [2.75, 3.05) is 25.6 Å². The molecule has 24 heavy (non-hydrogen) atoms. The van der Waals surface area contributed by atoms with Crippen LogP contribution in [0.1, 0.15) is 5.76 Å². The maximum absolute atomic E-state index is 11.4. The van der Waals surface area contributed by atoms with Crippen LogP contribution in [0.25, 0.3) is 11.0 Å². The molecular weight excluding hydrogens is 312 g/mol. The van der Waals surface area contributed by atoms with E-state index in [-0.39, 0.29) is 12.5 Å². The van der Waals surface area contributed by atoms with Gasteiger partial charge in [-0.25, -0.2) is 14.6 Å². The monoisotopic (exact) mass is 330 g/mol. The third-order valence-corrected chi connectivity index (χ3v) is 3.36. The minimum Gasteiger partial charge on any atom is -0.467 e. The first-order valence-electron chi connectivity index (χ1n) is 7.46. The highest BCUT2D eigenvalue weighted by Gasteiger charge is 2.10. The van der Waals surface area contributed by atoms with Crippen LogP contribution in [0.15, 0.2) is 35.3 Å². The topological polar surface area (TPSA) is 107 Å². The average Bonchev–Trinajstić information content (AvgIpc) is 3.23. The number of amides is 1. The molecule has 0 saturated heterocycles. The third kappa shape index (κ3) is 3.69. The van der Waals surface area contributed by atoms with Crippen molar-refractivity contribution in [3.8, 4) is 0 Å². The summed E-state index contributed by atoms with van der Waals surface area (Å²) in [5.41, 5.74) is 0.702. The normalized spacial score (nSPS) is 10.9. The summed E-state index contributed by atoms with van der Waals surface area (Å²) in [6.07, 6.45) is 4.81. The van der Waals surface area contributed by atoms with Gasteiger partial charge in [0.25, 0.3) is 0 Å². The van der Waals surface area contributed by atoms with Crippen LogP contribution in [0.5, 0.6) is 0 Å². The van der Waals surface area contributed by atoms with Gasteiger partial charge in [0.2, 0.25) is 5.91 Å². The Hall–Kier alpha value is -2.94. The zero-order valence-corrected chi connectivity index (χ0v) is 13.2. The van der Waals surface area contributed by atoms with E-state index >= 15 is 0 Å². The third-order valence-electron chi connectivity index (χ3n) is 3.36. The molecule has 0 bridgehead atoms. The molecule has 0 spiro atoms. The summed E-state index contributed by atoms with van der Waals surface area (Å²) in [5, 5.41) is 11.1. The van der Waals surface area contributed by atoms with Crippen molar-refractivity contribution in [1.29, 1.82) is 0 Å². The van der Waals surface area contributed by atoms with Crippen molar-refractivity contribution in [2.45, 2.75) is 13.1 Å². The van der Waals surface area contributed by atoms with Crippen LogP contribution in [0.4, 0.5) is 5.82 Å². The number of ether oxygens (including phenoxy) is 1. The predicted octanol–water partition coefficient (Wildman–Crippen LogP) is 0.794. The van der Waals surface area contributed by atoms with Gasteiger partial charge in [-0.15, -0.1) is 0 Å². The number of anilines is 1. The van der Waals surface area contributed by atoms with E-state index in [0.29, 0.717) is 31.1 Å². The Balaban J connectivity index is 1.66. The Morgan fingerprint density at radius 1 is 1.42 bits per heavy atom. The molecule has 0 aliphatic rings. The SMILES string of the molecule is COCC(=O)NCCn1ncc2c(NCc3ccco3)ncnc21. The van der Waals surface area contributed by atoms with E-state index < -0.39 is 0 Å². The number of nitrogens with one attached hydrogen (secondary N) is 2. The average molecular weight is 330 g/mol. The fourth-order valence-electron chi connectivity index (χ4n) is 2.26. The Kier molecular flexibility index (Phi) is 5.02. The van der Waals surface area contributed by atoms with Gasteiger partial charge < -0.3 is 19.8 Å². The van der Waals surface area contributed by atoms with Crippen LogP contribution in [0, 0.1) is 0 Å². The fourth-order valence-corrected chi connectivity index (χ4v) is 2.26. The Morgan fingerprint density at radius 3 is 3.12 bits per heavy atom. The number of carbonyl (C=O) groups is 1. The summed E-state index contributed by atoms with van der Waals surface area (Å²) in [5.74, 6) is 1.34. The van der Waals surface area contributed by atoms with Crippen molar-refractivity contribution in [3.05, 3.63) is 36.7 Å². The van der Waals surface area contributed by atoms with Gasteiger partial charge in [0.15, 0.2) is 5.65 Å². The Labute approximate surface area is 138 Å². The molecule has 3 heterocycles. The van der Waals surface area contributed by atoms with Gasteiger partial charge in [0, 0.05) is 13.7 Å². The van der Waals surface area contributed by atoms with Gasteiger partial charge in [0.1, 0.15) is 24.5 Å². The van der Waals surface area contributed by atoms with Gasteiger partial charge >= 0.3 is 0 Å². The Bertz CT molecular complexity index is 799. The molecule has 2 N–H and O–H groups in total. The van der Waals surface area contributed by atoms with Crippen LogP contribution in [0.2, 0.25) is 0 Å². The smallest absolute Gasteiger partial charge is 0.246 e. The van der Waals surface area contributed by atoms with Crippen LogP contribution < -0.4 is 10.6 Å². The van der Waals surface area contributed by atoms with Crippen LogP contribution in [-0.2, 0) is 22.6 Å². The summed E-state index contributed by atoms with van der Waals surface area (Å²) in [6.45, 7) is 1.52. The molecule has 1 amide bonds. The molecule has 0 aromatic carbocycles. The van der Waals surface area contributed by atoms with Gasteiger partial charge in [-0.1, -0.05) is 0 Å². The summed E-state index contributed by atoms with van der Waals surface area (Å²) in [7, 11) is 1.48. The van der Waals surface area contributed by atoms with Gasteiger partial charge in [-0.2, -0.15) is 5.10 Å². The molecule has 126 valence electrons. The molecular formula is C15H18N6O3. The van der Waals surface area contributed by atoms with Gasteiger partial charge in [0.05, 0.1) is 30.9 Å². The van der Waals surface area contributed by atoms with E-state index in [1.807, 2.05) is 12.1 Å². The van der Waals surface area contributed by atoms with E-state index in [9.17, 15) is 4.79 Å². The van der Waals surface area contributed by atoms with Crippen LogP contribution in [-0.4, -0.2) is 45.9 Å². The van der Waals surface area contributed by atoms with E-state index in [4.69, 9.17) is 9.15 Å². The van der Waals surface area contributed by atoms with Crippen molar-refractivity contribution in [3.63, 3.8) is 0 Å². The lowest BCUT2D eigenvalue weighted by atomic mass is 10.3. The number of rotatable bonds is 8. The maximum Gasteiger partial charge on any atom is 0.246 e. The minimum absolute atomic E-state index is 0.0445. The molecule has 9 nitrogen and oxygen atoms in total. The van der Waals surface area contributed by atoms with E-state index in [0.717, 1.165) is 11.1 Å². The summed E-state index contributed by atoms with van der Waals surface area (Å²) in [4.78, 5) is 19.9. The molecule has 3 aromatic rings. The van der Waals surface area contributed by atoms with Crippen LogP contribution >= 0.6 is 0 Å². The molecule has 0 unspecified atom stereocenters. The summed E-state index contributed by atoms with van der Waals surface area (Å²) >= 11 is 0. The molecule has 3 rings (SSSR count). The van der Waals surface area contributed by atoms with Crippen molar-refractivity contribution in [1.82, 2.24) is 25.1 Å². The highest BCUT2D eigenvalue weighted by Crippen LogP contribution is 2.19. The minimum atomic E-state index is -0.163. The lowest BCUT2D eigenvalue weighted by molar-refractivity contribution is -0.124. The molecule has 0 saturated carbocycles. The van der Waals surface area contributed by atoms with Gasteiger partial charge in [-0.05, 0) is 12.1 Å². The standard InChI is InChI=1S/C15H18N6O3/c1-23-9-13(22)16-4-5-21-15-12(8-20-21)14(18-10-19-15)17-7-11-3-2-6-24-11/h2-3,6,8,10H,4-5,7,9H2,1H3,(H,16,22)(H,17,18,19). The van der Waals surface area contributed by atoms with E-state index in [2.05, 4.69) is 25.7 Å². The number of methoxy groups -OCH3 is 1. The van der Waals surface area contributed by atoms with E-state index in [1.54, 1.807) is 17.1 Å². The van der Waals surface area contributed by atoms with Crippen LogP contribution in [0.3, 0.4) is 0 Å². The molecule has 0 fully saturated rings. The molecule has 3 aromatic heterocycles. The second kappa shape index (κ2) is 7.55. The van der Waals surface area contributed by atoms with Gasteiger partial charge in [-0.3, -0.25) is 4.79 Å². The van der Waals surface area contributed by atoms with Crippen molar-refractivity contribution >= 4 is 22.8 Å². The zero-order chi connectivity index (χ0) is 16.8. The fraction of sp³-hybridized carbons (Fsp3) is 0.333. The largest absolute Gasteiger partial charge is 0.467 e. The maximum atomic E-state index is 11.4. The highest BCUT2D eigenvalue weighted by molar-refractivity contribution is 5.86. The second-order valence-corrected chi connectivity index (χ2v) is 5.04.